The minimum Gasteiger partial charge on any atom is -0.298 e. The smallest absolute Gasteiger partial charge is 0.146 e. The van der Waals surface area contributed by atoms with Crippen LogP contribution in [0, 0.1) is 5.82 Å². The standard InChI is InChI=1S/C14H17BrFNO/c1-10(18)14-4-2-3-7-17(14)9-11-8-12(15)5-6-13(11)16/h5-6,8,14H,2-4,7,9H2,1H3. The van der Waals surface area contributed by atoms with E-state index >= 15 is 0 Å². The predicted octanol–water partition coefficient (Wildman–Crippen LogP) is 3.53. The number of carbonyl (C=O) groups is 1. The van der Waals surface area contributed by atoms with Crippen molar-refractivity contribution in [3.05, 3.63) is 34.1 Å². The maximum atomic E-state index is 13.7. The number of nitrogens with zero attached hydrogens (tertiary/aromatic N) is 1. The van der Waals surface area contributed by atoms with Gasteiger partial charge in [-0.1, -0.05) is 22.4 Å². The summed E-state index contributed by atoms with van der Waals surface area (Å²) in [6, 6.07) is 4.90. The number of halogens is 2. The Labute approximate surface area is 115 Å². The Morgan fingerprint density at radius 1 is 1.50 bits per heavy atom. The summed E-state index contributed by atoms with van der Waals surface area (Å²) in [6.45, 7) is 3.01. The van der Waals surface area contributed by atoms with Crippen molar-refractivity contribution in [2.24, 2.45) is 0 Å². The van der Waals surface area contributed by atoms with E-state index in [1.807, 2.05) is 0 Å². The molecule has 18 heavy (non-hydrogen) atoms. The molecule has 0 aromatic heterocycles. The van der Waals surface area contributed by atoms with Crippen LogP contribution < -0.4 is 0 Å². The Morgan fingerprint density at radius 2 is 2.28 bits per heavy atom. The van der Waals surface area contributed by atoms with Gasteiger partial charge in [-0.3, -0.25) is 9.69 Å². The lowest BCUT2D eigenvalue weighted by atomic mass is 9.98. The Balaban J connectivity index is 2.15. The Kier molecular flexibility index (Phi) is 4.51. The van der Waals surface area contributed by atoms with Gasteiger partial charge in [0.25, 0.3) is 0 Å². The number of carbonyl (C=O) groups excluding carboxylic acids is 1. The zero-order chi connectivity index (χ0) is 13.1. The van der Waals surface area contributed by atoms with Crippen LogP contribution in [0.5, 0.6) is 0 Å². The fourth-order valence-electron chi connectivity index (χ4n) is 2.52. The van der Waals surface area contributed by atoms with Crippen LogP contribution >= 0.6 is 15.9 Å². The molecule has 0 spiro atoms. The minimum absolute atomic E-state index is 0.0443. The van der Waals surface area contributed by atoms with Crippen molar-refractivity contribution in [2.45, 2.75) is 38.8 Å². The van der Waals surface area contributed by atoms with Gasteiger partial charge >= 0.3 is 0 Å². The summed E-state index contributed by atoms with van der Waals surface area (Å²) in [5.41, 5.74) is 0.650. The first-order valence-electron chi connectivity index (χ1n) is 6.26. The van der Waals surface area contributed by atoms with Gasteiger partial charge in [0, 0.05) is 16.6 Å². The molecular formula is C14H17BrFNO. The second-order valence-corrected chi connectivity index (χ2v) is 5.74. The van der Waals surface area contributed by atoms with Gasteiger partial charge in [0.1, 0.15) is 11.6 Å². The highest BCUT2D eigenvalue weighted by molar-refractivity contribution is 9.10. The molecule has 0 saturated carbocycles. The summed E-state index contributed by atoms with van der Waals surface area (Å²) in [6.07, 6.45) is 3.06. The van der Waals surface area contributed by atoms with E-state index in [1.165, 1.54) is 6.07 Å². The molecular weight excluding hydrogens is 297 g/mol. The van der Waals surface area contributed by atoms with Gasteiger partial charge in [-0.25, -0.2) is 4.39 Å². The minimum atomic E-state index is -0.203. The van der Waals surface area contributed by atoms with Gasteiger partial charge in [0.05, 0.1) is 6.04 Å². The van der Waals surface area contributed by atoms with Crippen molar-refractivity contribution in [3.8, 4) is 0 Å². The van der Waals surface area contributed by atoms with E-state index in [9.17, 15) is 9.18 Å². The number of benzene rings is 1. The zero-order valence-electron chi connectivity index (χ0n) is 10.5. The Bertz CT molecular complexity index is 449. The highest BCUT2D eigenvalue weighted by Crippen LogP contribution is 2.23. The third-order valence-corrected chi connectivity index (χ3v) is 3.96. The Hall–Kier alpha value is -0.740. The molecule has 2 nitrogen and oxygen atoms in total. The molecule has 2 rings (SSSR count). The Morgan fingerprint density at radius 3 is 3.00 bits per heavy atom. The number of piperidine rings is 1. The van der Waals surface area contributed by atoms with E-state index < -0.39 is 0 Å². The number of hydrogen-bond donors (Lipinski definition) is 0. The number of rotatable bonds is 3. The number of likely N-dealkylation sites (tertiary alicyclic amines) is 1. The summed E-state index contributed by atoms with van der Waals surface area (Å²) < 4.78 is 14.6. The first-order chi connectivity index (χ1) is 8.58. The lowest BCUT2D eigenvalue weighted by Crippen LogP contribution is -2.43. The fraction of sp³-hybridized carbons (Fsp3) is 0.500. The molecule has 4 heteroatoms. The van der Waals surface area contributed by atoms with Crippen LogP contribution in [0.1, 0.15) is 31.7 Å². The summed E-state index contributed by atoms with van der Waals surface area (Å²) in [5.74, 6) is -0.0174. The molecule has 1 heterocycles. The molecule has 1 atom stereocenters. The number of Topliss-reactive ketones (excluding diaryl/α,β-unsaturated/α-hetero) is 1. The van der Waals surface area contributed by atoms with Gasteiger partial charge in [-0.15, -0.1) is 0 Å². The fourth-order valence-corrected chi connectivity index (χ4v) is 2.93. The van der Waals surface area contributed by atoms with Crippen LogP contribution in [-0.2, 0) is 11.3 Å². The quantitative estimate of drug-likeness (QED) is 0.851. The summed E-state index contributed by atoms with van der Waals surface area (Å²) in [4.78, 5) is 13.7. The molecule has 0 amide bonds. The van der Waals surface area contributed by atoms with E-state index in [4.69, 9.17) is 0 Å². The molecule has 98 valence electrons. The van der Waals surface area contributed by atoms with E-state index in [2.05, 4.69) is 20.8 Å². The van der Waals surface area contributed by atoms with Crippen molar-refractivity contribution in [1.82, 2.24) is 4.90 Å². The van der Waals surface area contributed by atoms with Gasteiger partial charge in [0.2, 0.25) is 0 Å². The van der Waals surface area contributed by atoms with Gasteiger partial charge < -0.3 is 0 Å². The summed E-state index contributed by atoms with van der Waals surface area (Å²) in [7, 11) is 0. The van der Waals surface area contributed by atoms with Gasteiger partial charge in [-0.05, 0) is 44.5 Å². The van der Waals surface area contributed by atoms with Crippen LogP contribution in [0.25, 0.3) is 0 Å². The van der Waals surface area contributed by atoms with E-state index in [0.29, 0.717) is 12.1 Å². The third-order valence-electron chi connectivity index (χ3n) is 3.46. The second-order valence-electron chi connectivity index (χ2n) is 4.83. The molecule has 0 aliphatic carbocycles. The first-order valence-corrected chi connectivity index (χ1v) is 7.05. The molecule has 0 radical (unpaired) electrons. The molecule has 1 unspecified atom stereocenters. The molecule has 1 aromatic carbocycles. The average Bonchev–Trinajstić information content (AvgIpc) is 2.34. The highest BCUT2D eigenvalue weighted by Gasteiger charge is 2.26. The third kappa shape index (κ3) is 3.18. The topological polar surface area (TPSA) is 20.3 Å². The summed E-state index contributed by atoms with van der Waals surface area (Å²) in [5, 5.41) is 0. The van der Waals surface area contributed by atoms with Crippen molar-refractivity contribution >= 4 is 21.7 Å². The van der Waals surface area contributed by atoms with E-state index in [0.717, 1.165) is 30.3 Å². The van der Waals surface area contributed by atoms with Crippen molar-refractivity contribution < 1.29 is 9.18 Å². The highest BCUT2D eigenvalue weighted by atomic mass is 79.9. The molecule has 0 N–H and O–H groups in total. The molecule has 1 aromatic rings. The lowest BCUT2D eigenvalue weighted by molar-refractivity contribution is -0.123. The molecule has 1 saturated heterocycles. The average molecular weight is 314 g/mol. The molecule has 1 fully saturated rings. The normalized spacial score (nSPS) is 20.9. The monoisotopic (exact) mass is 313 g/mol. The molecule has 1 aliphatic heterocycles. The van der Waals surface area contributed by atoms with E-state index in [1.54, 1.807) is 19.1 Å². The lowest BCUT2D eigenvalue weighted by Gasteiger charge is -2.34. The zero-order valence-corrected chi connectivity index (χ0v) is 12.0. The maximum Gasteiger partial charge on any atom is 0.146 e. The predicted molar refractivity (Wildman–Crippen MR) is 72.8 cm³/mol. The van der Waals surface area contributed by atoms with Crippen LogP contribution in [0.3, 0.4) is 0 Å². The van der Waals surface area contributed by atoms with Crippen LogP contribution in [0.4, 0.5) is 4.39 Å². The van der Waals surface area contributed by atoms with E-state index in [-0.39, 0.29) is 17.6 Å². The van der Waals surface area contributed by atoms with Crippen molar-refractivity contribution in [2.75, 3.05) is 6.54 Å². The van der Waals surface area contributed by atoms with Gasteiger partial charge in [0.15, 0.2) is 0 Å². The molecule has 1 aliphatic rings. The first kappa shape index (κ1) is 13.7. The number of ketones is 1. The van der Waals surface area contributed by atoms with Gasteiger partial charge in [-0.2, -0.15) is 0 Å². The molecule has 0 bridgehead atoms. The van der Waals surface area contributed by atoms with Crippen molar-refractivity contribution in [1.29, 1.82) is 0 Å². The summed E-state index contributed by atoms with van der Waals surface area (Å²) >= 11 is 3.35. The second kappa shape index (κ2) is 5.93. The van der Waals surface area contributed by atoms with Crippen LogP contribution in [-0.4, -0.2) is 23.3 Å². The maximum absolute atomic E-state index is 13.7. The number of hydrogen-bond acceptors (Lipinski definition) is 2. The van der Waals surface area contributed by atoms with Crippen LogP contribution in [0.15, 0.2) is 22.7 Å². The van der Waals surface area contributed by atoms with Crippen LogP contribution in [0.2, 0.25) is 0 Å². The SMILES string of the molecule is CC(=O)C1CCCCN1Cc1cc(Br)ccc1F. The van der Waals surface area contributed by atoms with Crippen molar-refractivity contribution in [3.63, 3.8) is 0 Å². The largest absolute Gasteiger partial charge is 0.298 e.